The highest BCUT2D eigenvalue weighted by Gasteiger charge is 2.59. The second-order valence-electron chi connectivity index (χ2n) is 11.6. The summed E-state index contributed by atoms with van der Waals surface area (Å²) in [6, 6.07) is 0. The number of fused-ring (bicyclic) bond motifs is 1. The van der Waals surface area contributed by atoms with Crippen molar-refractivity contribution in [3.05, 3.63) is 0 Å². The number of hydrogen-bond acceptors (Lipinski definition) is 9. The van der Waals surface area contributed by atoms with Crippen LogP contribution in [0.15, 0.2) is 0 Å². The average molecular weight is 515 g/mol. The number of ether oxygens (including phenoxy) is 3. The lowest BCUT2D eigenvalue weighted by atomic mass is 9.87. The van der Waals surface area contributed by atoms with Crippen molar-refractivity contribution in [1.82, 2.24) is 9.80 Å². The minimum Gasteiger partial charge on any atom is -0.466 e. The van der Waals surface area contributed by atoms with Gasteiger partial charge in [-0.15, -0.1) is 0 Å². The molecule has 0 amide bonds. The highest BCUT2D eigenvalue weighted by atomic mass is 32.2. The molecule has 0 aromatic carbocycles. The van der Waals surface area contributed by atoms with Crippen LogP contribution in [0.5, 0.6) is 0 Å². The molecule has 3 atom stereocenters. The molecule has 9 nitrogen and oxygen atoms in total. The van der Waals surface area contributed by atoms with Crippen LogP contribution in [-0.4, -0.2) is 92.0 Å². The highest BCUT2D eigenvalue weighted by molar-refractivity contribution is 7.91. The van der Waals surface area contributed by atoms with Crippen molar-refractivity contribution in [3.8, 4) is 0 Å². The van der Waals surface area contributed by atoms with E-state index in [1.54, 1.807) is 0 Å². The monoisotopic (exact) mass is 514 g/mol. The second-order valence-corrected chi connectivity index (χ2v) is 13.8. The van der Waals surface area contributed by atoms with Gasteiger partial charge in [-0.1, -0.05) is 0 Å². The van der Waals surface area contributed by atoms with Gasteiger partial charge >= 0.3 is 11.9 Å². The molecule has 0 bridgehead atoms. The van der Waals surface area contributed by atoms with E-state index in [0.29, 0.717) is 45.4 Å². The van der Waals surface area contributed by atoms with Gasteiger partial charge in [-0.25, -0.2) is 13.2 Å². The largest absolute Gasteiger partial charge is 0.466 e. The minimum absolute atomic E-state index is 0.00700. The van der Waals surface area contributed by atoms with Crippen LogP contribution in [0.25, 0.3) is 0 Å². The first-order valence-corrected chi connectivity index (χ1v) is 15.0. The van der Waals surface area contributed by atoms with Crippen LogP contribution in [0.2, 0.25) is 0 Å². The van der Waals surface area contributed by atoms with Gasteiger partial charge in [0.1, 0.15) is 5.60 Å². The zero-order valence-electron chi connectivity index (χ0n) is 21.7. The van der Waals surface area contributed by atoms with Gasteiger partial charge < -0.3 is 14.2 Å². The molecule has 0 aromatic rings. The molecule has 35 heavy (non-hydrogen) atoms. The third-order valence-corrected chi connectivity index (χ3v) is 9.64. The van der Waals surface area contributed by atoms with E-state index >= 15 is 0 Å². The normalized spacial score (nSPS) is 33.3. The predicted molar refractivity (Wildman–Crippen MR) is 130 cm³/mol. The molecule has 3 saturated heterocycles. The lowest BCUT2D eigenvalue weighted by Gasteiger charge is -2.48. The Bertz CT molecular complexity index is 868. The molecule has 4 aliphatic rings. The lowest BCUT2D eigenvalue weighted by molar-refractivity contribution is -0.275. The molecule has 1 aliphatic carbocycles. The van der Waals surface area contributed by atoms with Crippen LogP contribution in [0.4, 0.5) is 0 Å². The van der Waals surface area contributed by atoms with E-state index in [0.717, 1.165) is 25.9 Å². The third kappa shape index (κ3) is 5.86. The summed E-state index contributed by atoms with van der Waals surface area (Å²) in [7, 11) is -3.03. The van der Waals surface area contributed by atoms with Crippen molar-refractivity contribution in [2.24, 2.45) is 17.8 Å². The number of esters is 2. The summed E-state index contributed by atoms with van der Waals surface area (Å²) in [5.74, 6) is -1.72. The van der Waals surface area contributed by atoms with E-state index in [-0.39, 0.29) is 41.3 Å². The first kappa shape index (κ1) is 26.8. The maximum Gasteiger partial charge on any atom is 0.371 e. The van der Waals surface area contributed by atoms with Crippen molar-refractivity contribution >= 4 is 21.8 Å². The highest BCUT2D eigenvalue weighted by Crippen LogP contribution is 2.42. The molecular weight excluding hydrogens is 472 g/mol. The van der Waals surface area contributed by atoms with Crippen LogP contribution >= 0.6 is 0 Å². The minimum atomic E-state index is -3.03. The van der Waals surface area contributed by atoms with E-state index in [1.165, 1.54) is 0 Å². The SMILES string of the molecule is CCOC(=O)[C@H]1CC[C@H](OC(C(=O)OC(C)(C)C)(N2CCCC2)N2C[C@@H]3CS(=O)(=O)C[C@@H]3C2)CC1. The maximum absolute atomic E-state index is 14.0. The van der Waals surface area contributed by atoms with Crippen molar-refractivity contribution in [2.45, 2.75) is 83.8 Å². The Morgan fingerprint density at radius 2 is 1.49 bits per heavy atom. The number of rotatable bonds is 7. The fourth-order valence-corrected chi connectivity index (χ4v) is 8.41. The molecule has 4 fully saturated rings. The zero-order chi connectivity index (χ0) is 25.4. The molecule has 0 radical (unpaired) electrons. The molecular formula is C25H42N2O7S. The Hall–Kier alpha value is -1.23. The second kappa shape index (κ2) is 10.3. The Labute approximate surface area is 209 Å². The summed E-state index contributed by atoms with van der Waals surface area (Å²) >= 11 is 0. The third-order valence-electron chi connectivity index (χ3n) is 7.77. The Morgan fingerprint density at radius 1 is 0.914 bits per heavy atom. The lowest BCUT2D eigenvalue weighted by Crippen LogP contribution is -2.68. The van der Waals surface area contributed by atoms with Crippen LogP contribution in [0.1, 0.15) is 66.2 Å². The van der Waals surface area contributed by atoms with E-state index in [4.69, 9.17) is 14.2 Å². The van der Waals surface area contributed by atoms with Crippen LogP contribution in [0.3, 0.4) is 0 Å². The summed E-state index contributed by atoms with van der Waals surface area (Å²) in [4.78, 5) is 30.4. The molecule has 3 aliphatic heterocycles. The molecule has 0 aromatic heterocycles. The summed E-state index contributed by atoms with van der Waals surface area (Å²) in [6.45, 7) is 10.2. The van der Waals surface area contributed by atoms with E-state index < -0.39 is 27.3 Å². The smallest absolute Gasteiger partial charge is 0.371 e. The number of likely N-dealkylation sites (tertiary alicyclic amines) is 2. The van der Waals surface area contributed by atoms with Crippen molar-refractivity contribution in [3.63, 3.8) is 0 Å². The fourth-order valence-electron chi connectivity index (χ4n) is 6.21. The van der Waals surface area contributed by atoms with E-state index in [1.807, 2.05) is 27.7 Å². The average Bonchev–Trinajstić information content (AvgIpc) is 3.47. The van der Waals surface area contributed by atoms with Crippen LogP contribution in [0, 0.1) is 17.8 Å². The molecule has 4 rings (SSSR count). The van der Waals surface area contributed by atoms with Crippen molar-refractivity contribution in [2.75, 3.05) is 44.3 Å². The summed E-state index contributed by atoms with van der Waals surface area (Å²) in [5, 5.41) is 0. The molecule has 0 spiro atoms. The summed E-state index contributed by atoms with van der Waals surface area (Å²) in [6.07, 6.45) is 4.40. The van der Waals surface area contributed by atoms with Gasteiger partial charge in [0.15, 0.2) is 9.84 Å². The first-order valence-electron chi connectivity index (χ1n) is 13.2. The number of sulfone groups is 1. The number of carbonyl (C=O) groups is 2. The Balaban J connectivity index is 1.60. The fraction of sp³-hybridized carbons (Fsp3) is 0.920. The molecule has 1 saturated carbocycles. The molecule has 0 N–H and O–H groups in total. The van der Waals surface area contributed by atoms with Gasteiger partial charge in [0.2, 0.25) is 0 Å². The topological polar surface area (TPSA) is 102 Å². The molecule has 1 unspecified atom stereocenters. The first-order chi connectivity index (χ1) is 16.4. The standard InChI is InChI=1S/C25H42N2O7S/c1-5-32-22(28)18-8-10-21(11-9-18)33-25(26-12-6-7-13-26,23(29)34-24(2,3)4)27-14-19-16-35(30,31)17-20(19)15-27/h18-21H,5-17H2,1-4H3/t18-,19-,20+,21-,25?. The van der Waals surface area contributed by atoms with E-state index in [2.05, 4.69) is 9.80 Å². The number of carbonyl (C=O) groups excluding carboxylic acids is 2. The number of hydrogen-bond donors (Lipinski definition) is 0. The van der Waals surface area contributed by atoms with Gasteiger partial charge in [-0.2, -0.15) is 0 Å². The summed E-state index contributed by atoms with van der Waals surface area (Å²) < 4.78 is 42.5. The van der Waals surface area contributed by atoms with Crippen molar-refractivity contribution in [1.29, 1.82) is 0 Å². The number of nitrogens with zero attached hydrogens (tertiary/aromatic N) is 2. The maximum atomic E-state index is 14.0. The van der Waals surface area contributed by atoms with Crippen molar-refractivity contribution < 1.29 is 32.2 Å². The van der Waals surface area contributed by atoms with Crippen LogP contribution < -0.4 is 0 Å². The predicted octanol–water partition coefficient (Wildman–Crippen LogP) is 2.19. The molecule has 10 heteroatoms. The van der Waals surface area contributed by atoms with Crippen LogP contribution in [-0.2, 0) is 33.6 Å². The molecule has 200 valence electrons. The summed E-state index contributed by atoms with van der Waals surface area (Å²) in [5.41, 5.74) is -0.689. The van der Waals surface area contributed by atoms with Gasteiger partial charge in [0, 0.05) is 26.2 Å². The van der Waals surface area contributed by atoms with Gasteiger partial charge in [-0.3, -0.25) is 14.6 Å². The van der Waals surface area contributed by atoms with Gasteiger partial charge in [0.25, 0.3) is 5.85 Å². The zero-order valence-corrected chi connectivity index (χ0v) is 22.5. The quantitative estimate of drug-likeness (QED) is 0.473. The van der Waals surface area contributed by atoms with E-state index in [9.17, 15) is 18.0 Å². The Kier molecular flexibility index (Phi) is 7.87. The Morgan fingerprint density at radius 3 is 2.00 bits per heavy atom. The van der Waals surface area contributed by atoms with Gasteiger partial charge in [-0.05, 0) is 78.1 Å². The molecule has 3 heterocycles. The van der Waals surface area contributed by atoms with Gasteiger partial charge in [0.05, 0.1) is 30.1 Å².